The maximum absolute atomic E-state index is 12.7. The Hall–Kier alpha value is -4.46. The van der Waals surface area contributed by atoms with E-state index in [1.54, 1.807) is 120 Å². The van der Waals surface area contributed by atoms with E-state index in [0.29, 0.717) is 46.3 Å². The van der Waals surface area contributed by atoms with Crippen LogP contribution in [0.25, 0.3) is 0 Å². The molecule has 20 heteroatoms. The summed E-state index contributed by atoms with van der Waals surface area (Å²) in [6, 6.07) is 47.4. The molecule has 0 aromatic heterocycles. The zero-order valence-electron chi connectivity index (χ0n) is 49.9. The van der Waals surface area contributed by atoms with Crippen molar-refractivity contribution in [1.82, 2.24) is 0 Å². The molecule has 0 saturated heterocycles. The van der Waals surface area contributed by atoms with Gasteiger partial charge in [-0.05, 0) is 284 Å². The summed E-state index contributed by atoms with van der Waals surface area (Å²) in [7, 11) is 0. The van der Waals surface area contributed by atoms with E-state index in [-0.39, 0.29) is 63.2 Å². The van der Waals surface area contributed by atoms with Crippen LogP contribution in [-0.4, -0.2) is 0 Å². The molecule has 0 heterocycles. The van der Waals surface area contributed by atoms with Crippen molar-refractivity contribution in [3.8, 4) is 0 Å². The molecule has 0 aliphatic rings. The number of halogens is 20. The van der Waals surface area contributed by atoms with Crippen molar-refractivity contribution in [1.29, 1.82) is 0 Å². The zero-order valence-corrected chi connectivity index (χ0v) is 62.4. The van der Waals surface area contributed by atoms with Gasteiger partial charge in [-0.15, -0.1) is 0 Å². The molecule has 10 aromatic rings. The van der Waals surface area contributed by atoms with Crippen molar-refractivity contribution in [2.24, 2.45) is 0 Å². The van der Waals surface area contributed by atoms with Gasteiger partial charge in [-0.3, -0.25) is 0 Å². The molecule has 0 spiro atoms. The van der Waals surface area contributed by atoms with Crippen LogP contribution >= 0.6 is 142 Å². The molecule has 0 aliphatic carbocycles. The first kappa shape index (κ1) is 83.6. The monoisotopic (exact) mass is 1700 g/mol. The van der Waals surface area contributed by atoms with Crippen molar-refractivity contribution in [3.63, 3.8) is 0 Å². The first-order valence-electron chi connectivity index (χ1n) is 26.2. The van der Waals surface area contributed by atoms with Crippen molar-refractivity contribution >= 4 is 142 Å². The highest BCUT2D eigenvalue weighted by atomic mass is 79.9. The Bertz CT molecular complexity index is 3240. The van der Waals surface area contributed by atoms with Crippen molar-refractivity contribution in [3.05, 3.63) is 343 Å². The van der Waals surface area contributed by atoms with Crippen molar-refractivity contribution in [2.75, 3.05) is 0 Å². The Morgan fingerprint density at radius 2 is 0.778 bits per heavy atom. The minimum atomic E-state index is -0.359. The Labute approximate surface area is 592 Å². The topological polar surface area (TPSA) is 0 Å². The average Bonchev–Trinajstić information content (AvgIpc) is 3.50. The molecule has 10 aromatic carbocycles. The molecule has 0 fully saturated rings. The molecule has 90 heavy (non-hydrogen) atoms. The molecule has 0 nitrogen and oxygen atoms in total. The van der Waals surface area contributed by atoms with Gasteiger partial charge in [0.25, 0.3) is 0 Å². The first-order chi connectivity index (χ1) is 42.0. The predicted octanol–water partition coefficient (Wildman–Crippen LogP) is 28.5. The smallest absolute Gasteiger partial charge is 0.141 e. The van der Waals surface area contributed by atoms with Gasteiger partial charge in [0, 0.05) is 33.0 Å². The quantitative estimate of drug-likeness (QED) is 0.133. The second-order valence-corrected chi connectivity index (χ2v) is 25.8. The van der Waals surface area contributed by atoms with E-state index in [4.69, 9.17) is 46.4 Å². The Morgan fingerprint density at radius 3 is 1.21 bits per heavy atom. The number of rotatable bonds is 0. The first-order valence-corrected chi connectivity index (χ1v) is 32.4. The van der Waals surface area contributed by atoms with Gasteiger partial charge in [0.1, 0.15) is 58.2 Å². The fourth-order valence-corrected chi connectivity index (χ4v) is 9.04. The predicted molar refractivity (Wildman–Crippen MR) is 378 cm³/mol. The molecule has 0 bridgehead atoms. The summed E-state index contributed by atoms with van der Waals surface area (Å²) in [5, 5.41) is 1.73. The molecule has 0 radical (unpaired) electrons. The minimum Gasteiger partial charge on any atom is -0.207 e. The van der Waals surface area contributed by atoms with E-state index in [1.165, 1.54) is 78.9 Å². The summed E-state index contributed by atoms with van der Waals surface area (Å²) in [6.07, 6.45) is 0. The van der Waals surface area contributed by atoms with E-state index in [9.17, 15) is 43.9 Å². The largest absolute Gasteiger partial charge is 0.207 e. The molecule has 0 amide bonds. The molecule has 0 aliphatic heterocycles. The van der Waals surface area contributed by atoms with Crippen molar-refractivity contribution in [2.45, 2.75) is 69.2 Å². The highest BCUT2D eigenvalue weighted by Crippen LogP contribution is 2.22. The van der Waals surface area contributed by atoms with E-state index in [1.807, 2.05) is 52.0 Å². The number of benzene rings is 10. The Balaban J connectivity index is 0.000000500. The highest BCUT2D eigenvalue weighted by Gasteiger charge is 2.02. The SMILES string of the molecule is Cc1c(F)cccc1Br.Cc1cc(Br)ccc1F.Cc1cc(F)cc(Cl)c1.Cc1cc(F)ccc1Cl.Cc1ccc(Br)cc1F.Cc1ccc(F)c(Cl)c1.Cc1ccc(F)cc1Br.Cc1ccc(F)cc1Cl.Cc1cccc(Br)c1F.Cc1cccc(F)c1Br. The van der Waals surface area contributed by atoms with Gasteiger partial charge < -0.3 is 0 Å². The fourth-order valence-electron chi connectivity index (χ4n) is 6.02. The van der Waals surface area contributed by atoms with Crippen LogP contribution in [0.1, 0.15) is 55.6 Å². The summed E-state index contributed by atoms with van der Waals surface area (Å²) in [5.41, 5.74) is 8.16. The highest BCUT2D eigenvalue weighted by molar-refractivity contribution is 9.11. The second kappa shape index (κ2) is 44.2. The molecule has 0 N–H and O–H groups in total. The molecule has 0 unspecified atom stereocenters. The Kier molecular flexibility index (Phi) is 41.0. The van der Waals surface area contributed by atoms with Gasteiger partial charge in [-0.1, -0.05) is 165 Å². The molecule has 0 atom stereocenters. The van der Waals surface area contributed by atoms with E-state index >= 15 is 0 Å². The third kappa shape index (κ3) is 35.0. The maximum Gasteiger partial charge on any atom is 0.141 e. The molecular formula is C70H60Br6Cl4F10. The molecule has 10 rings (SSSR count). The fraction of sp³-hybridized carbons (Fsp3) is 0.143. The molecular weight excluding hydrogens is 1650 g/mol. The van der Waals surface area contributed by atoms with Gasteiger partial charge in [0.15, 0.2) is 0 Å². The van der Waals surface area contributed by atoms with Crippen LogP contribution in [0, 0.1) is 127 Å². The van der Waals surface area contributed by atoms with Crippen LogP contribution in [-0.2, 0) is 0 Å². The standard InChI is InChI=1S/6C7H6BrF.4C7H6ClF/c1-5-4-6(8)2-3-7(5)9;1-5-2-3-6(9)4-7(5)8;1-5-2-3-6(8)4-7(5)9;1-5-6(8)3-2-4-7(5)9;1-5-3-2-4-6(9)7(5)8;1-5-3-2-4-6(8)7(5)9;1-5-2-6(8)4-7(9)3-5;1-5-4-6(9)2-3-7(5)8;1-5-2-3-6(9)4-7(5)8;1-5-2-3-7(9)6(8)4-5/h10*2-4H,1H3. The van der Waals surface area contributed by atoms with Crippen LogP contribution in [0.3, 0.4) is 0 Å². The van der Waals surface area contributed by atoms with Gasteiger partial charge in [0.2, 0.25) is 0 Å². The van der Waals surface area contributed by atoms with Gasteiger partial charge in [-0.25, -0.2) is 43.9 Å². The maximum atomic E-state index is 12.7. The van der Waals surface area contributed by atoms with Crippen LogP contribution in [0.5, 0.6) is 0 Å². The Morgan fingerprint density at radius 1 is 0.267 bits per heavy atom. The third-order valence-electron chi connectivity index (χ3n) is 11.2. The summed E-state index contributed by atoms with van der Waals surface area (Å²) >= 11 is 41.1. The van der Waals surface area contributed by atoms with Crippen LogP contribution in [0.15, 0.2) is 209 Å². The van der Waals surface area contributed by atoms with E-state index in [0.717, 1.165) is 51.3 Å². The summed E-state index contributed by atoms with van der Waals surface area (Å²) in [5.74, 6) is -2.21. The number of hydrogen-bond acceptors (Lipinski definition) is 0. The molecule has 480 valence electrons. The number of aryl methyl sites for hydroxylation is 9. The van der Waals surface area contributed by atoms with Crippen molar-refractivity contribution < 1.29 is 43.9 Å². The third-order valence-corrected chi connectivity index (χ3v) is 16.9. The summed E-state index contributed by atoms with van der Waals surface area (Å²) < 4.78 is 129. The summed E-state index contributed by atoms with van der Waals surface area (Å²) in [6.45, 7) is 18.0. The normalized spacial score (nSPS) is 9.67. The van der Waals surface area contributed by atoms with Gasteiger partial charge in [0.05, 0.1) is 14.0 Å². The lowest BCUT2D eigenvalue weighted by Crippen LogP contribution is -1.80. The van der Waals surface area contributed by atoms with E-state index < -0.39 is 0 Å². The van der Waals surface area contributed by atoms with Gasteiger partial charge in [-0.2, -0.15) is 0 Å². The summed E-state index contributed by atoms with van der Waals surface area (Å²) in [4.78, 5) is 0. The van der Waals surface area contributed by atoms with Crippen LogP contribution < -0.4 is 0 Å². The van der Waals surface area contributed by atoms with E-state index in [2.05, 4.69) is 95.6 Å². The average molecular weight is 1710 g/mol. The zero-order chi connectivity index (χ0) is 68.5. The second-order valence-electron chi connectivity index (χ2n) is 18.9. The number of hydrogen-bond donors (Lipinski definition) is 0. The molecule has 0 saturated carbocycles. The van der Waals surface area contributed by atoms with Crippen LogP contribution in [0.4, 0.5) is 43.9 Å². The lowest BCUT2D eigenvalue weighted by atomic mass is 10.2. The lowest BCUT2D eigenvalue weighted by Gasteiger charge is -1.95. The minimum absolute atomic E-state index is 0.154. The van der Waals surface area contributed by atoms with Gasteiger partial charge >= 0.3 is 0 Å². The van der Waals surface area contributed by atoms with Crippen LogP contribution in [0.2, 0.25) is 20.1 Å². The lowest BCUT2D eigenvalue weighted by molar-refractivity contribution is 0.612.